The molecule has 1 unspecified atom stereocenters. The minimum Gasteiger partial charge on any atom is -0.342 e. The van der Waals surface area contributed by atoms with E-state index in [2.05, 4.69) is 22.0 Å². The second-order valence-corrected chi connectivity index (χ2v) is 5.32. The molecule has 3 rings (SSSR count). The van der Waals surface area contributed by atoms with Gasteiger partial charge in [0.1, 0.15) is 12.2 Å². The number of nitrogens with zero attached hydrogens (tertiary/aromatic N) is 5. The van der Waals surface area contributed by atoms with Crippen molar-refractivity contribution in [3.8, 4) is 5.69 Å². The molecule has 6 heteroatoms. The van der Waals surface area contributed by atoms with Crippen LogP contribution in [-0.4, -0.2) is 43.6 Å². The zero-order chi connectivity index (χ0) is 14.7. The molecule has 0 radical (unpaired) electrons. The average molecular weight is 285 g/mol. The first kappa shape index (κ1) is 13.7. The molecule has 0 saturated carbocycles. The van der Waals surface area contributed by atoms with Gasteiger partial charge in [-0.2, -0.15) is 5.10 Å². The topological polar surface area (TPSA) is 63.9 Å². The molecule has 0 spiro atoms. The number of likely N-dealkylation sites (tertiary alicyclic amines) is 1. The monoisotopic (exact) mass is 285 g/mol. The van der Waals surface area contributed by atoms with Gasteiger partial charge in [-0.15, -0.1) is 0 Å². The van der Waals surface area contributed by atoms with Crippen LogP contribution in [0.5, 0.6) is 0 Å². The molecule has 2 aromatic heterocycles. The molecule has 2 aromatic rings. The van der Waals surface area contributed by atoms with E-state index in [0.717, 1.165) is 37.4 Å². The van der Waals surface area contributed by atoms with E-state index in [1.807, 2.05) is 21.7 Å². The lowest BCUT2D eigenvalue weighted by molar-refractivity contribution is -0.133. The van der Waals surface area contributed by atoms with Crippen LogP contribution in [0.1, 0.15) is 37.9 Å². The molecule has 0 aromatic carbocycles. The van der Waals surface area contributed by atoms with Crippen molar-refractivity contribution in [3.63, 3.8) is 0 Å². The number of pyridine rings is 1. The number of rotatable bonds is 4. The standard InChI is InChI=1S/C15H19N5O/c1-2-8-19-10-12(5-6-14(19)21)15-17-11-18-20(15)13-4-3-7-16-9-13/h3-4,7,9,11-12H,2,5-6,8,10H2,1H3. The Morgan fingerprint density at radius 3 is 3.10 bits per heavy atom. The first-order valence-corrected chi connectivity index (χ1v) is 7.37. The van der Waals surface area contributed by atoms with Gasteiger partial charge in [-0.25, -0.2) is 9.67 Å². The highest BCUT2D eigenvalue weighted by Crippen LogP contribution is 2.27. The molecule has 1 aliphatic rings. The predicted molar refractivity (Wildman–Crippen MR) is 78.0 cm³/mol. The first-order valence-electron chi connectivity index (χ1n) is 7.37. The van der Waals surface area contributed by atoms with Crippen molar-refractivity contribution in [1.29, 1.82) is 0 Å². The van der Waals surface area contributed by atoms with E-state index in [0.29, 0.717) is 6.42 Å². The van der Waals surface area contributed by atoms with Crippen molar-refractivity contribution in [2.24, 2.45) is 0 Å². The SMILES string of the molecule is CCCN1CC(c2ncnn2-c2cccnc2)CCC1=O. The highest BCUT2D eigenvalue weighted by molar-refractivity contribution is 5.77. The third-order valence-electron chi connectivity index (χ3n) is 3.82. The van der Waals surface area contributed by atoms with E-state index >= 15 is 0 Å². The van der Waals surface area contributed by atoms with Crippen LogP contribution < -0.4 is 0 Å². The minimum absolute atomic E-state index is 0.233. The molecule has 6 nitrogen and oxygen atoms in total. The van der Waals surface area contributed by atoms with Gasteiger partial charge in [-0.05, 0) is 25.0 Å². The lowest BCUT2D eigenvalue weighted by Crippen LogP contribution is -2.40. The molecule has 0 aliphatic carbocycles. The van der Waals surface area contributed by atoms with Crippen LogP contribution in [0.3, 0.4) is 0 Å². The zero-order valence-electron chi connectivity index (χ0n) is 12.1. The van der Waals surface area contributed by atoms with Crippen LogP contribution in [0.2, 0.25) is 0 Å². The van der Waals surface area contributed by atoms with E-state index in [9.17, 15) is 4.79 Å². The van der Waals surface area contributed by atoms with Gasteiger partial charge in [-0.1, -0.05) is 6.92 Å². The van der Waals surface area contributed by atoms with Gasteiger partial charge in [-0.3, -0.25) is 9.78 Å². The Bertz CT molecular complexity index is 610. The van der Waals surface area contributed by atoms with Gasteiger partial charge in [0.25, 0.3) is 0 Å². The Labute approximate surface area is 123 Å². The molecule has 0 N–H and O–H groups in total. The lowest BCUT2D eigenvalue weighted by atomic mass is 9.96. The number of carbonyl (C=O) groups excluding carboxylic acids is 1. The van der Waals surface area contributed by atoms with Crippen molar-refractivity contribution < 1.29 is 4.79 Å². The number of carbonyl (C=O) groups is 1. The number of aromatic nitrogens is 4. The summed E-state index contributed by atoms with van der Waals surface area (Å²) in [5, 5.41) is 4.31. The quantitative estimate of drug-likeness (QED) is 0.859. The normalized spacial score (nSPS) is 19.0. The van der Waals surface area contributed by atoms with Gasteiger partial charge in [0, 0.05) is 31.6 Å². The van der Waals surface area contributed by atoms with E-state index in [4.69, 9.17) is 0 Å². The minimum atomic E-state index is 0.233. The number of hydrogen-bond acceptors (Lipinski definition) is 4. The summed E-state index contributed by atoms with van der Waals surface area (Å²) < 4.78 is 1.83. The highest BCUT2D eigenvalue weighted by Gasteiger charge is 2.29. The van der Waals surface area contributed by atoms with Gasteiger partial charge in [0.2, 0.25) is 5.91 Å². The predicted octanol–water partition coefficient (Wildman–Crippen LogP) is 1.78. The molecule has 1 aliphatic heterocycles. The molecular weight excluding hydrogens is 266 g/mol. The summed E-state index contributed by atoms with van der Waals surface area (Å²) in [5.41, 5.74) is 0.906. The number of amides is 1. The Kier molecular flexibility index (Phi) is 3.94. The first-order chi connectivity index (χ1) is 10.3. The Balaban J connectivity index is 1.85. The molecule has 1 fully saturated rings. The highest BCUT2D eigenvalue weighted by atomic mass is 16.2. The van der Waals surface area contributed by atoms with E-state index in [1.54, 1.807) is 18.7 Å². The molecular formula is C15H19N5O. The van der Waals surface area contributed by atoms with E-state index in [-0.39, 0.29) is 11.8 Å². The summed E-state index contributed by atoms with van der Waals surface area (Å²) in [5.74, 6) is 1.40. The summed E-state index contributed by atoms with van der Waals surface area (Å²) in [6, 6.07) is 3.84. The fraction of sp³-hybridized carbons (Fsp3) is 0.467. The van der Waals surface area contributed by atoms with Crippen molar-refractivity contribution >= 4 is 5.91 Å². The van der Waals surface area contributed by atoms with Crippen LogP contribution in [0.25, 0.3) is 5.69 Å². The second-order valence-electron chi connectivity index (χ2n) is 5.32. The third-order valence-corrected chi connectivity index (χ3v) is 3.82. The van der Waals surface area contributed by atoms with Crippen LogP contribution >= 0.6 is 0 Å². The molecule has 21 heavy (non-hydrogen) atoms. The maximum Gasteiger partial charge on any atom is 0.222 e. The average Bonchev–Trinajstić information content (AvgIpc) is 3.00. The molecule has 3 heterocycles. The smallest absolute Gasteiger partial charge is 0.222 e. The fourth-order valence-electron chi connectivity index (χ4n) is 2.82. The van der Waals surface area contributed by atoms with Crippen molar-refractivity contribution in [1.82, 2.24) is 24.6 Å². The van der Waals surface area contributed by atoms with Crippen molar-refractivity contribution in [2.45, 2.75) is 32.1 Å². The lowest BCUT2D eigenvalue weighted by Gasteiger charge is -2.32. The number of piperidine rings is 1. The molecule has 1 saturated heterocycles. The van der Waals surface area contributed by atoms with E-state index in [1.165, 1.54) is 0 Å². The van der Waals surface area contributed by atoms with Gasteiger partial charge < -0.3 is 4.90 Å². The van der Waals surface area contributed by atoms with Crippen LogP contribution in [0.15, 0.2) is 30.9 Å². The molecule has 0 bridgehead atoms. The van der Waals surface area contributed by atoms with Gasteiger partial charge in [0.05, 0.1) is 11.9 Å². The Hall–Kier alpha value is -2.24. The van der Waals surface area contributed by atoms with Crippen LogP contribution in [0.4, 0.5) is 0 Å². The van der Waals surface area contributed by atoms with E-state index < -0.39 is 0 Å². The summed E-state index contributed by atoms with van der Waals surface area (Å²) >= 11 is 0. The summed E-state index contributed by atoms with van der Waals surface area (Å²) in [6.07, 6.45) is 7.48. The summed E-state index contributed by atoms with van der Waals surface area (Å²) in [6.45, 7) is 3.64. The maximum absolute atomic E-state index is 11.9. The summed E-state index contributed by atoms with van der Waals surface area (Å²) in [4.78, 5) is 22.4. The van der Waals surface area contributed by atoms with Crippen molar-refractivity contribution in [2.75, 3.05) is 13.1 Å². The molecule has 1 atom stereocenters. The van der Waals surface area contributed by atoms with Crippen LogP contribution in [0, 0.1) is 0 Å². The van der Waals surface area contributed by atoms with Gasteiger partial charge >= 0.3 is 0 Å². The summed E-state index contributed by atoms with van der Waals surface area (Å²) in [7, 11) is 0. The Morgan fingerprint density at radius 1 is 1.43 bits per heavy atom. The van der Waals surface area contributed by atoms with Crippen LogP contribution in [-0.2, 0) is 4.79 Å². The number of hydrogen-bond donors (Lipinski definition) is 0. The Morgan fingerprint density at radius 2 is 2.33 bits per heavy atom. The van der Waals surface area contributed by atoms with Gasteiger partial charge in [0.15, 0.2) is 0 Å². The largest absolute Gasteiger partial charge is 0.342 e. The second kappa shape index (κ2) is 6.03. The maximum atomic E-state index is 11.9. The third kappa shape index (κ3) is 2.79. The molecule has 1 amide bonds. The zero-order valence-corrected chi connectivity index (χ0v) is 12.1. The fourth-order valence-corrected chi connectivity index (χ4v) is 2.82. The van der Waals surface area contributed by atoms with Crippen molar-refractivity contribution in [3.05, 3.63) is 36.7 Å². The molecule has 110 valence electrons.